The van der Waals surface area contributed by atoms with Crippen molar-refractivity contribution in [1.29, 1.82) is 0 Å². The van der Waals surface area contributed by atoms with Gasteiger partial charge in [-0.2, -0.15) is 5.10 Å². The molecule has 2 aromatic carbocycles. The van der Waals surface area contributed by atoms with E-state index in [0.717, 1.165) is 23.3 Å². The van der Waals surface area contributed by atoms with Gasteiger partial charge in [0.1, 0.15) is 0 Å². The van der Waals surface area contributed by atoms with E-state index >= 15 is 0 Å². The molecule has 0 saturated carbocycles. The average Bonchev–Trinajstić information content (AvgIpc) is 2.75. The first-order valence-corrected chi connectivity index (χ1v) is 9.65. The summed E-state index contributed by atoms with van der Waals surface area (Å²) >= 11 is 0. The van der Waals surface area contributed by atoms with Gasteiger partial charge in [0.25, 0.3) is 0 Å². The van der Waals surface area contributed by atoms with E-state index in [0.29, 0.717) is 30.2 Å². The van der Waals surface area contributed by atoms with Crippen LogP contribution < -0.4 is 14.8 Å². The summed E-state index contributed by atoms with van der Waals surface area (Å²) in [6.07, 6.45) is 0.0497. The molecule has 0 radical (unpaired) electrons. The van der Waals surface area contributed by atoms with Crippen LogP contribution in [0.4, 0.5) is 10.5 Å². The molecular weight excluding hydrogens is 386 g/mol. The molecule has 1 aliphatic heterocycles. The maximum absolute atomic E-state index is 12.7. The van der Waals surface area contributed by atoms with Crippen LogP contribution in [0.5, 0.6) is 11.5 Å². The summed E-state index contributed by atoms with van der Waals surface area (Å²) in [5.41, 5.74) is 3.04. The molecule has 0 aliphatic carbocycles. The number of carbonyl (C=O) groups excluding carboxylic acids is 1. The summed E-state index contributed by atoms with van der Waals surface area (Å²) in [4.78, 5) is 23.4. The van der Waals surface area contributed by atoms with Crippen LogP contribution in [0.3, 0.4) is 0 Å². The molecule has 0 aromatic heterocycles. The molecule has 0 bridgehead atoms. The van der Waals surface area contributed by atoms with Gasteiger partial charge in [0, 0.05) is 23.6 Å². The number of nitrogens with one attached hydrogen (secondary N) is 1. The first-order valence-electron chi connectivity index (χ1n) is 9.65. The van der Waals surface area contributed by atoms with E-state index in [4.69, 9.17) is 14.6 Å². The zero-order valence-corrected chi connectivity index (χ0v) is 17.2. The second-order valence-electron chi connectivity index (χ2n) is 6.94. The summed E-state index contributed by atoms with van der Waals surface area (Å²) in [6.45, 7) is 2.34. The van der Waals surface area contributed by atoms with E-state index in [2.05, 4.69) is 10.4 Å². The molecular formula is C22H25N3O5. The van der Waals surface area contributed by atoms with Crippen molar-refractivity contribution in [3.8, 4) is 11.5 Å². The summed E-state index contributed by atoms with van der Waals surface area (Å²) in [7, 11) is 3.17. The van der Waals surface area contributed by atoms with E-state index in [9.17, 15) is 9.59 Å². The number of anilines is 1. The number of nitrogens with zero attached hydrogens (tertiary/aromatic N) is 2. The molecule has 2 N–H and O–H groups in total. The van der Waals surface area contributed by atoms with Crippen molar-refractivity contribution in [3.63, 3.8) is 0 Å². The maximum Gasteiger partial charge on any atom is 0.409 e. The van der Waals surface area contributed by atoms with E-state index in [1.54, 1.807) is 38.5 Å². The quantitative estimate of drug-likeness (QED) is 0.718. The van der Waals surface area contributed by atoms with Gasteiger partial charge in [0.05, 0.1) is 26.5 Å². The lowest BCUT2D eigenvalue weighted by molar-refractivity contribution is -0.133. The van der Waals surface area contributed by atoms with Gasteiger partial charge in [-0.15, -0.1) is 0 Å². The Hall–Kier alpha value is -3.55. The van der Waals surface area contributed by atoms with Crippen LogP contribution in [0.15, 0.2) is 47.6 Å². The zero-order chi connectivity index (χ0) is 21.7. The van der Waals surface area contributed by atoms with Crippen molar-refractivity contribution in [1.82, 2.24) is 5.01 Å². The molecule has 0 saturated heterocycles. The lowest BCUT2D eigenvalue weighted by atomic mass is 9.89. The van der Waals surface area contributed by atoms with Crippen molar-refractivity contribution in [3.05, 3.63) is 53.6 Å². The Morgan fingerprint density at radius 1 is 1.17 bits per heavy atom. The van der Waals surface area contributed by atoms with Gasteiger partial charge >= 0.3 is 6.09 Å². The Morgan fingerprint density at radius 3 is 2.47 bits per heavy atom. The Bertz CT molecular complexity index is 956. The number of methoxy groups -OCH3 is 2. The Morgan fingerprint density at radius 2 is 1.87 bits per heavy atom. The van der Waals surface area contributed by atoms with Gasteiger partial charge in [0.2, 0.25) is 5.91 Å². The third-order valence-electron chi connectivity index (χ3n) is 5.03. The molecule has 2 aromatic rings. The highest BCUT2D eigenvalue weighted by atomic mass is 16.5. The first-order chi connectivity index (χ1) is 14.4. The lowest BCUT2D eigenvalue weighted by Crippen LogP contribution is -2.36. The Balaban J connectivity index is 1.88. The smallest absolute Gasteiger partial charge is 0.409 e. The standard InChI is InChI=1S/C22H25N3O5/c1-4-15-12-20(26)25(13-14-5-8-17(9-6-14)23-22(27)28)24-21(15)16-7-10-18(29-2)19(11-16)30-3/h5-11,15,23H,4,12-13H2,1-3H3,(H,27,28). The van der Waals surface area contributed by atoms with Crippen molar-refractivity contribution in [2.75, 3.05) is 19.5 Å². The molecule has 8 nitrogen and oxygen atoms in total. The lowest BCUT2D eigenvalue weighted by Gasteiger charge is -2.29. The van der Waals surface area contributed by atoms with Crippen molar-refractivity contribution < 1.29 is 24.2 Å². The highest BCUT2D eigenvalue weighted by molar-refractivity contribution is 6.06. The summed E-state index contributed by atoms with van der Waals surface area (Å²) in [5.74, 6) is 1.22. The van der Waals surface area contributed by atoms with Crippen LogP contribution in [0.25, 0.3) is 0 Å². The number of rotatable bonds is 7. The van der Waals surface area contributed by atoms with Crippen LogP contribution in [0.1, 0.15) is 30.9 Å². The molecule has 3 rings (SSSR count). The highest BCUT2D eigenvalue weighted by Crippen LogP contribution is 2.31. The third kappa shape index (κ3) is 4.71. The van der Waals surface area contributed by atoms with Crippen molar-refractivity contribution in [2.24, 2.45) is 11.0 Å². The third-order valence-corrected chi connectivity index (χ3v) is 5.03. The van der Waals surface area contributed by atoms with Gasteiger partial charge in [0.15, 0.2) is 11.5 Å². The van der Waals surface area contributed by atoms with Gasteiger partial charge in [-0.1, -0.05) is 19.1 Å². The number of carboxylic acid groups (broad SMARTS) is 1. The predicted octanol–water partition coefficient (Wildman–Crippen LogP) is 3.96. The fraction of sp³-hybridized carbons (Fsp3) is 0.318. The zero-order valence-electron chi connectivity index (χ0n) is 17.2. The molecule has 8 heteroatoms. The fourth-order valence-electron chi connectivity index (χ4n) is 3.42. The molecule has 158 valence electrons. The number of benzene rings is 2. The van der Waals surface area contributed by atoms with E-state index < -0.39 is 6.09 Å². The average molecular weight is 411 g/mol. The Labute approximate surface area is 175 Å². The van der Waals surface area contributed by atoms with Gasteiger partial charge < -0.3 is 14.6 Å². The number of carbonyl (C=O) groups is 2. The van der Waals surface area contributed by atoms with E-state index in [-0.39, 0.29) is 11.8 Å². The molecule has 30 heavy (non-hydrogen) atoms. The van der Waals surface area contributed by atoms with Gasteiger partial charge in [-0.3, -0.25) is 10.1 Å². The molecule has 1 aliphatic rings. The monoisotopic (exact) mass is 411 g/mol. The Kier molecular flexibility index (Phi) is 6.56. The van der Waals surface area contributed by atoms with Gasteiger partial charge in [-0.25, -0.2) is 9.80 Å². The summed E-state index contributed by atoms with van der Waals surface area (Å²) in [5, 5.41) is 17.2. The summed E-state index contributed by atoms with van der Waals surface area (Å²) in [6, 6.07) is 12.5. The number of ether oxygens (including phenoxy) is 2. The van der Waals surface area contributed by atoms with E-state index in [1.807, 2.05) is 25.1 Å². The molecule has 1 unspecified atom stereocenters. The van der Waals surface area contributed by atoms with Crippen LogP contribution in [-0.4, -0.2) is 42.0 Å². The normalized spacial score (nSPS) is 16.1. The minimum atomic E-state index is -1.12. The van der Waals surface area contributed by atoms with Crippen LogP contribution >= 0.6 is 0 Å². The molecule has 0 fully saturated rings. The molecule has 2 amide bonds. The minimum Gasteiger partial charge on any atom is -0.493 e. The topological polar surface area (TPSA) is 100 Å². The van der Waals surface area contributed by atoms with Crippen LogP contribution in [-0.2, 0) is 11.3 Å². The first kappa shape index (κ1) is 21.2. The number of amides is 2. The van der Waals surface area contributed by atoms with Crippen LogP contribution in [0.2, 0.25) is 0 Å². The summed E-state index contributed by atoms with van der Waals surface area (Å²) < 4.78 is 10.7. The molecule has 1 atom stereocenters. The number of hydrazone groups is 1. The fourth-order valence-corrected chi connectivity index (χ4v) is 3.42. The maximum atomic E-state index is 12.7. The largest absolute Gasteiger partial charge is 0.493 e. The van der Waals surface area contributed by atoms with Crippen LogP contribution in [0, 0.1) is 5.92 Å². The highest BCUT2D eigenvalue weighted by Gasteiger charge is 2.29. The molecule has 1 heterocycles. The number of hydrogen-bond acceptors (Lipinski definition) is 5. The number of hydrogen-bond donors (Lipinski definition) is 2. The van der Waals surface area contributed by atoms with Crippen molar-refractivity contribution in [2.45, 2.75) is 26.3 Å². The SMILES string of the molecule is CCC1CC(=O)N(Cc2ccc(NC(=O)O)cc2)N=C1c1ccc(OC)c(OC)c1. The second-order valence-corrected chi connectivity index (χ2v) is 6.94. The van der Waals surface area contributed by atoms with Crippen molar-refractivity contribution >= 4 is 23.4 Å². The van der Waals surface area contributed by atoms with E-state index in [1.165, 1.54) is 5.01 Å². The second kappa shape index (κ2) is 9.30. The van der Waals surface area contributed by atoms with Gasteiger partial charge in [-0.05, 0) is 42.3 Å². The minimum absolute atomic E-state index is 0.0222. The molecule has 0 spiro atoms. The predicted molar refractivity (Wildman–Crippen MR) is 113 cm³/mol.